The highest BCUT2D eigenvalue weighted by molar-refractivity contribution is 5.22. The summed E-state index contributed by atoms with van der Waals surface area (Å²) in [6.45, 7) is 2.74. The van der Waals surface area contributed by atoms with Crippen molar-refractivity contribution in [3.63, 3.8) is 0 Å². The summed E-state index contributed by atoms with van der Waals surface area (Å²) in [6, 6.07) is 7.82. The van der Waals surface area contributed by atoms with Crippen LogP contribution in [0.1, 0.15) is 18.1 Å². The minimum atomic E-state index is -0.484. The summed E-state index contributed by atoms with van der Waals surface area (Å²) in [5.74, 6) is -0.967. The molecule has 0 amide bonds. The molecule has 1 atom stereocenters. The zero-order chi connectivity index (χ0) is 14.4. The lowest BCUT2D eigenvalue weighted by Gasteiger charge is -2.18. The molecular weight excluding hydrogens is 258 g/mol. The molecule has 0 saturated carbocycles. The van der Waals surface area contributed by atoms with Crippen molar-refractivity contribution >= 4 is 0 Å². The second kappa shape index (κ2) is 7.10. The maximum atomic E-state index is 13.7. The Morgan fingerprint density at radius 3 is 2.30 bits per heavy atom. The van der Waals surface area contributed by atoms with E-state index in [9.17, 15) is 8.78 Å². The van der Waals surface area contributed by atoms with Crippen molar-refractivity contribution in [2.24, 2.45) is 0 Å². The van der Waals surface area contributed by atoms with Gasteiger partial charge in [0.05, 0.1) is 0 Å². The molecule has 2 aromatic rings. The molecule has 20 heavy (non-hydrogen) atoms. The van der Waals surface area contributed by atoms with Crippen LogP contribution in [0.5, 0.6) is 0 Å². The van der Waals surface area contributed by atoms with Gasteiger partial charge < -0.3 is 5.32 Å². The molecule has 4 heteroatoms. The predicted molar refractivity (Wildman–Crippen MR) is 75.5 cm³/mol. The van der Waals surface area contributed by atoms with Gasteiger partial charge in [-0.15, -0.1) is 0 Å². The van der Waals surface area contributed by atoms with E-state index in [0.717, 1.165) is 12.1 Å². The van der Waals surface area contributed by atoms with Gasteiger partial charge in [0.2, 0.25) is 0 Å². The van der Waals surface area contributed by atoms with E-state index in [4.69, 9.17) is 0 Å². The van der Waals surface area contributed by atoms with Crippen molar-refractivity contribution in [3.05, 3.63) is 65.5 Å². The summed E-state index contributed by atoms with van der Waals surface area (Å²) >= 11 is 0. The Labute approximate surface area is 117 Å². The average molecular weight is 276 g/mol. The average Bonchev–Trinajstić information content (AvgIpc) is 2.44. The zero-order valence-corrected chi connectivity index (χ0v) is 11.4. The van der Waals surface area contributed by atoms with Crippen molar-refractivity contribution in [2.75, 3.05) is 6.54 Å². The van der Waals surface area contributed by atoms with Gasteiger partial charge >= 0.3 is 0 Å². The van der Waals surface area contributed by atoms with E-state index in [1.807, 2.05) is 19.1 Å². The van der Waals surface area contributed by atoms with Gasteiger partial charge in [0, 0.05) is 24.0 Å². The molecule has 1 aromatic carbocycles. The Morgan fingerprint density at radius 2 is 1.70 bits per heavy atom. The van der Waals surface area contributed by atoms with Crippen LogP contribution in [-0.2, 0) is 12.8 Å². The van der Waals surface area contributed by atoms with Crippen LogP contribution < -0.4 is 5.32 Å². The molecule has 0 spiro atoms. The van der Waals surface area contributed by atoms with Crippen LogP contribution in [0.25, 0.3) is 0 Å². The second-order valence-corrected chi connectivity index (χ2v) is 4.72. The molecule has 2 nitrogen and oxygen atoms in total. The van der Waals surface area contributed by atoms with E-state index < -0.39 is 11.6 Å². The SMILES string of the molecule is CCNC(Cc1ccncc1)Cc1c(F)cccc1F. The molecule has 1 heterocycles. The van der Waals surface area contributed by atoms with Crippen LogP contribution in [0.2, 0.25) is 0 Å². The third-order valence-corrected chi connectivity index (χ3v) is 3.24. The summed E-state index contributed by atoms with van der Waals surface area (Å²) in [5.41, 5.74) is 1.25. The first-order chi connectivity index (χ1) is 9.70. The van der Waals surface area contributed by atoms with Crippen LogP contribution in [0.15, 0.2) is 42.7 Å². The van der Waals surface area contributed by atoms with E-state index in [1.165, 1.54) is 18.2 Å². The molecule has 2 rings (SSSR count). The van der Waals surface area contributed by atoms with Gasteiger partial charge in [-0.05, 0) is 49.2 Å². The lowest BCUT2D eigenvalue weighted by atomic mass is 9.99. The normalized spacial score (nSPS) is 12.3. The van der Waals surface area contributed by atoms with Gasteiger partial charge in [-0.2, -0.15) is 0 Å². The smallest absolute Gasteiger partial charge is 0.129 e. The number of rotatable bonds is 6. The maximum Gasteiger partial charge on any atom is 0.129 e. The number of benzene rings is 1. The van der Waals surface area contributed by atoms with E-state index >= 15 is 0 Å². The predicted octanol–water partition coefficient (Wildman–Crippen LogP) is 3.12. The van der Waals surface area contributed by atoms with Crippen molar-refractivity contribution in [2.45, 2.75) is 25.8 Å². The van der Waals surface area contributed by atoms with Crippen LogP contribution in [0.3, 0.4) is 0 Å². The van der Waals surface area contributed by atoms with Gasteiger partial charge in [0.1, 0.15) is 11.6 Å². The number of hydrogen-bond acceptors (Lipinski definition) is 2. The Balaban J connectivity index is 2.13. The Bertz CT molecular complexity index is 523. The van der Waals surface area contributed by atoms with Gasteiger partial charge in [0.25, 0.3) is 0 Å². The quantitative estimate of drug-likeness (QED) is 0.877. The third kappa shape index (κ3) is 3.84. The fraction of sp³-hybridized carbons (Fsp3) is 0.312. The molecule has 0 radical (unpaired) electrons. The highest BCUT2D eigenvalue weighted by Gasteiger charge is 2.15. The van der Waals surface area contributed by atoms with E-state index in [2.05, 4.69) is 10.3 Å². The Kier molecular flexibility index (Phi) is 5.18. The number of aromatic nitrogens is 1. The van der Waals surface area contributed by atoms with Crippen molar-refractivity contribution in [1.29, 1.82) is 0 Å². The van der Waals surface area contributed by atoms with E-state index in [0.29, 0.717) is 12.8 Å². The number of nitrogens with one attached hydrogen (secondary N) is 1. The molecule has 0 aliphatic carbocycles. The molecule has 1 N–H and O–H groups in total. The second-order valence-electron chi connectivity index (χ2n) is 4.72. The third-order valence-electron chi connectivity index (χ3n) is 3.24. The topological polar surface area (TPSA) is 24.9 Å². The fourth-order valence-corrected chi connectivity index (χ4v) is 2.28. The van der Waals surface area contributed by atoms with E-state index in [1.54, 1.807) is 12.4 Å². The van der Waals surface area contributed by atoms with Crippen molar-refractivity contribution in [1.82, 2.24) is 10.3 Å². The molecule has 106 valence electrons. The minimum absolute atomic E-state index is 0.00574. The number of likely N-dealkylation sites (N-methyl/N-ethyl adjacent to an activating group) is 1. The Morgan fingerprint density at radius 1 is 1.05 bits per heavy atom. The summed E-state index contributed by atoms with van der Waals surface area (Å²) < 4.78 is 27.4. The molecular formula is C16H18F2N2. The number of nitrogens with zero attached hydrogens (tertiary/aromatic N) is 1. The molecule has 0 saturated heterocycles. The molecule has 1 aromatic heterocycles. The summed E-state index contributed by atoms with van der Waals surface area (Å²) in [4.78, 5) is 3.97. The highest BCUT2D eigenvalue weighted by Crippen LogP contribution is 2.16. The lowest BCUT2D eigenvalue weighted by Crippen LogP contribution is -2.33. The molecule has 0 fully saturated rings. The number of pyridine rings is 1. The molecule has 0 bridgehead atoms. The molecule has 0 aliphatic rings. The highest BCUT2D eigenvalue weighted by atomic mass is 19.1. The largest absolute Gasteiger partial charge is 0.314 e. The summed E-state index contributed by atoms with van der Waals surface area (Å²) in [6.07, 6.45) is 4.49. The minimum Gasteiger partial charge on any atom is -0.314 e. The van der Waals surface area contributed by atoms with Crippen LogP contribution in [-0.4, -0.2) is 17.6 Å². The van der Waals surface area contributed by atoms with E-state index in [-0.39, 0.29) is 11.6 Å². The van der Waals surface area contributed by atoms with Crippen LogP contribution in [0.4, 0.5) is 8.78 Å². The standard InChI is InChI=1S/C16H18F2N2/c1-2-20-13(10-12-6-8-19-9-7-12)11-14-15(17)4-3-5-16(14)18/h3-9,13,20H,2,10-11H2,1H3. The monoisotopic (exact) mass is 276 g/mol. The van der Waals surface area contributed by atoms with Gasteiger partial charge in [-0.25, -0.2) is 8.78 Å². The van der Waals surface area contributed by atoms with Crippen LogP contribution >= 0.6 is 0 Å². The first-order valence-electron chi connectivity index (χ1n) is 6.76. The first-order valence-corrected chi connectivity index (χ1v) is 6.76. The fourth-order valence-electron chi connectivity index (χ4n) is 2.28. The van der Waals surface area contributed by atoms with Gasteiger partial charge in [-0.3, -0.25) is 4.98 Å². The van der Waals surface area contributed by atoms with Crippen molar-refractivity contribution < 1.29 is 8.78 Å². The summed E-state index contributed by atoms with van der Waals surface area (Å²) in [5, 5.41) is 3.28. The molecule has 1 unspecified atom stereocenters. The number of halogens is 2. The first kappa shape index (κ1) is 14.6. The van der Waals surface area contributed by atoms with Crippen molar-refractivity contribution in [3.8, 4) is 0 Å². The Hall–Kier alpha value is -1.81. The zero-order valence-electron chi connectivity index (χ0n) is 11.4. The number of hydrogen-bond donors (Lipinski definition) is 1. The summed E-state index contributed by atoms with van der Waals surface area (Å²) in [7, 11) is 0. The lowest BCUT2D eigenvalue weighted by molar-refractivity contribution is 0.484. The van der Waals surface area contributed by atoms with Gasteiger partial charge in [0.15, 0.2) is 0 Å². The van der Waals surface area contributed by atoms with Gasteiger partial charge in [-0.1, -0.05) is 13.0 Å². The van der Waals surface area contributed by atoms with Crippen LogP contribution in [0, 0.1) is 11.6 Å². The maximum absolute atomic E-state index is 13.7. The molecule has 0 aliphatic heterocycles.